The molecule has 0 unspecified atom stereocenters. The van der Waals surface area contributed by atoms with E-state index in [-0.39, 0.29) is 12.2 Å². The molecule has 1 aliphatic rings. The van der Waals surface area contributed by atoms with Gasteiger partial charge in [0.2, 0.25) is 0 Å². The first kappa shape index (κ1) is 13.3. The van der Waals surface area contributed by atoms with Gasteiger partial charge in [-0.25, -0.2) is 0 Å². The van der Waals surface area contributed by atoms with Gasteiger partial charge in [-0.15, -0.1) is 6.58 Å². The Labute approximate surface area is 108 Å². The minimum absolute atomic E-state index is 0.00587. The summed E-state index contributed by atoms with van der Waals surface area (Å²) in [5.41, 5.74) is 1.15. The minimum Gasteiger partial charge on any atom is -0.390 e. The van der Waals surface area contributed by atoms with Crippen molar-refractivity contribution in [3.05, 3.63) is 48.6 Å². The molecule has 98 valence electrons. The highest BCUT2D eigenvalue weighted by Gasteiger charge is 2.32. The van der Waals surface area contributed by atoms with Crippen LogP contribution in [0.1, 0.15) is 18.4 Å². The number of hydrogen-bond donors (Lipinski definition) is 1. The zero-order chi connectivity index (χ0) is 12.8. The van der Waals surface area contributed by atoms with E-state index in [4.69, 9.17) is 9.47 Å². The van der Waals surface area contributed by atoms with Crippen molar-refractivity contribution >= 4 is 0 Å². The van der Waals surface area contributed by atoms with E-state index in [0.717, 1.165) is 5.56 Å². The van der Waals surface area contributed by atoms with Crippen molar-refractivity contribution in [3.63, 3.8) is 0 Å². The van der Waals surface area contributed by atoms with E-state index < -0.39 is 6.10 Å². The average Bonchev–Trinajstić information content (AvgIpc) is 2.72. The summed E-state index contributed by atoms with van der Waals surface area (Å²) in [5.74, 6) is 0. The lowest BCUT2D eigenvalue weighted by Crippen LogP contribution is -2.19. The van der Waals surface area contributed by atoms with Gasteiger partial charge in [0.1, 0.15) is 0 Å². The second-order valence-electron chi connectivity index (χ2n) is 4.62. The van der Waals surface area contributed by atoms with Gasteiger partial charge in [-0.2, -0.15) is 0 Å². The minimum atomic E-state index is -0.395. The largest absolute Gasteiger partial charge is 0.390 e. The van der Waals surface area contributed by atoms with Gasteiger partial charge in [0.15, 0.2) is 0 Å². The van der Waals surface area contributed by atoms with Crippen LogP contribution in [0.25, 0.3) is 0 Å². The summed E-state index contributed by atoms with van der Waals surface area (Å²) in [5, 5.41) is 9.78. The molecule has 1 aromatic carbocycles. The number of hydrogen-bond acceptors (Lipinski definition) is 3. The van der Waals surface area contributed by atoms with Crippen LogP contribution in [-0.4, -0.2) is 30.0 Å². The maximum atomic E-state index is 9.78. The first-order valence-electron chi connectivity index (χ1n) is 6.35. The van der Waals surface area contributed by atoms with Crippen LogP contribution in [0.2, 0.25) is 0 Å². The van der Waals surface area contributed by atoms with E-state index in [0.29, 0.717) is 26.1 Å². The summed E-state index contributed by atoms with van der Waals surface area (Å²) in [6, 6.07) is 10.0. The van der Waals surface area contributed by atoms with Crippen LogP contribution < -0.4 is 0 Å². The van der Waals surface area contributed by atoms with Gasteiger partial charge in [-0.05, 0) is 12.0 Å². The third kappa shape index (κ3) is 3.67. The molecule has 0 spiro atoms. The zero-order valence-electron chi connectivity index (χ0n) is 10.5. The molecular weight excluding hydrogens is 228 g/mol. The van der Waals surface area contributed by atoms with E-state index >= 15 is 0 Å². The Morgan fingerprint density at radius 1 is 1.39 bits per heavy atom. The van der Waals surface area contributed by atoms with Gasteiger partial charge in [0, 0.05) is 6.42 Å². The predicted molar refractivity (Wildman–Crippen MR) is 70.2 cm³/mol. The Hall–Kier alpha value is -1.16. The number of ether oxygens (including phenoxy) is 2. The summed E-state index contributed by atoms with van der Waals surface area (Å²) in [6.07, 6.45) is 2.60. The lowest BCUT2D eigenvalue weighted by molar-refractivity contribution is -0.0295. The van der Waals surface area contributed by atoms with Crippen LogP contribution in [0.5, 0.6) is 0 Å². The number of aliphatic hydroxyl groups excluding tert-OH is 1. The van der Waals surface area contributed by atoms with Gasteiger partial charge in [-0.3, -0.25) is 0 Å². The second kappa shape index (κ2) is 6.69. The fraction of sp³-hybridized carbons (Fsp3) is 0.467. The molecule has 0 radical (unpaired) electrons. The molecule has 1 aromatic rings. The fourth-order valence-electron chi connectivity index (χ4n) is 2.18. The van der Waals surface area contributed by atoms with Crippen LogP contribution >= 0.6 is 0 Å². The highest BCUT2D eigenvalue weighted by atomic mass is 16.6. The zero-order valence-corrected chi connectivity index (χ0v) is 10.5. The third-order valence-electron chi connectivity index (χ3n) is 3.12. The molecule has 1 heterocycles. The van der Waals surface area contributed by atoms with Crippen molar-refractivity contribution in [2.75, 3.05) is 6.61 Å². The molecule has 3 heteroatoms. The van der Waals surface area contributed by atoms with Gasteiger partial charge in [0.25, 0.3) is 0 Å². The lowest BCUT2D eigenvalue weighted by Gasteiger charge is -2.13. The molecule has 1 fully saturated rings. The van der Waals surface area contributed by atoms with Crippen LogP contribution in [0, 0.1) is 0 Å². The molecule has 0 aliphatic carbocycles. The van der Waals surface area contributed by atoms with Crippen LogP contribution in [0.4, 0.5) is 0 Å². The van der Waals surface area contributed by atoms with Crippen LogP contribution in [-0.2, 0) is 16.1 Å². The third-order valence-corrected chi connectivity index (χ3v) is 3.12. The molecule has 2 rings (SSSR count). The molecule has 0 bridgehead atoms. The molecule has 1 saturated heterocycles. The molecule has 1 aliphatic heterocycles. The van der Waals surface area contributed by atoms with E-state index in [1.807, 2.05) is 30.3 Å². The van der Waals surface area contributed by atoms with Crippen LogP contribution in [0.15, 0.2) is 43.0 Å². The summed E-state index contributed by atoms with van der Waals surface area (Å²) in [4.78, 5) is 0. The predicted octanol–water partition coefficient (Wildman–Crippen LogP) is 2.30. The molecule has 0 amide bonds. The standard InChI is InChI=1S/C15H20O3/c1-2-6-15-14(16)9-13(18-15)11-17-10-12-7-4-3-5-8-12/h2-5,7-8,13-16H,1,6,9-11H2/t13-,14-,15-/m0/s1. The average molecular weight is 248 g/mol. The first-order chi connectivity index (χ1) is 8.79. The van der Waals surface area contributed by atoms with Crippen molar-refractivity contribution in [3.8, 4) is 0 Å². The van der Waals surface area contributed by atoms with Crippen molar-refractivity contribution in [1.29, 1.82) is 0 Å². The highest BCUT2D eigenvalue weighted by Crippen LogP contribution is 2.23. The van der Waals surface area contributed by atoms with Crippen molar-refractivity contribution in [2.45, 2.75) is 37.8 Å². The topological polar surface area (TPSA) is 38.7 Å². The number of rotatable bonds is 6. The molecule has 3 atom stereocenters. The van der Waals surface area contributed by atoms with E-state index in [1.165, 1.54) is 0 Å². The Balaban J connectivity index is 1.70. The van der Waals surface area contributed by atoms with E-state index in [1.54, 1.807) is 6.08 Å². The smallest absolute Gasteiger partial charge is 0.0874 e. The maximum absolute atomic E-state index is 9.78. The molecular formula is C15H20O3. The van der Waals surface area contributed by atoms with Crippen molar-refractivity contribution in [1.82, 2.24) is 0 Å². The van der Waals surface area contributed by atoms with Crippen LogP contribution in [0.3, 0.4) is 0 Å². The lowest BCUT2D eigenvalue weighted by atomic mass is 10.1. The van der Waals surface area contributed by atoms with Gasteiger partial charge in [-0.1, -0.05) is 36.4 Å². The van der Waals surface area contributed by atoms with Crippen molar-refractivity contribution in [2.24, 2.45) is 0 Å². The Morgan fingerprint density at radius 2 is 2.17 bits per heavy atom. The van der Waals surface area contributed by atoms with Gasteiger partial charge < -0.3 is 14.6 Å². The molecule has 18 heavy (non-hydrogen) atoms. The van der Waals surface area contributed by atoms with Gasteiger partial charge >= 0.3 is 0 Å². The SMILES string of the molecule is C=CC[C@@H]1O[C@H](COCc2ccccc2)C[C@@H]1O. The molecule has 3 nitrogen and oxygen atoms in total. The second-order valence-corrected chi connectivity index (χ2v) is 4.62. The monoisotopic (exact) mass is 248 g/mol. The first-order valence-corrected chi connectivity index (χ1v) is 6.35. The quantitative estimate of drug-likeness (QED) is 0.785. The van der Waals surface area contributed by atoms with E-state index in [9.17, 15) is 5.11 Å². The Kier molecular flexibility index (Phi) is 4.93. The van der Waals surface area contributed by atoms with E-state index in [2.05, 4.69) is 6.58 Å². The number of benzene rings is 1. The maximum Gasteiger partial charge on any atom is 0.0874 e. The summed E-state index contributed by atoms with van der Waals surface area (Å²) < 4.78 is 11.3. The Bertz CT molecular complexity index is 363. The summed E-state index contributed by atoms with van der Waals surface area (Å²) in [6.45, 7) is 4.78. The summed E-state index contributed by atoms with van der Waals surface area (Å²) in [7, 11) is 0. The summed E-state index contributed by atoms with van der Waals surface area (Å²) >= 11 is 0. The molecule has 0 aromatic heterocycles. The Morgan fingerprint density at radius 3 is 2.89 bits per heavy atom. The highest BCUT2D eigenvalue weighted by molar-refractivity contribution is 5.13. The van der Waals surface area contributed by atoms with Crippen molar-refractivity contribution < 1.29 is 14.6 Å². The van der Waals surface area contributed by atoms with Gasteiger partial charge in [0.05, 0.1) is 31.5 Å². The normalized spacial score (nSPS) is 27.3. The fourth-order valence-corrected chi connectivity index (χ4v) is 2.18. The molecule has 1 N–H and O–H groups in total. The molecule has 0 saturated carbocycles. The number of aliphatic hydroxyl groups is 1.